The number of aryl methyl sites for hydroxylation is 2. The molecule has 12 aromatic rings. The Labute approximate surface area is 763 Å². The van der Waals surface area contributed by atoms with E-state index in [4.69, 9.17) is 53.3 Å². The predicted octanol–water partition coefficient (Wildman–Crippen LogP) is 9.79. The molecule has 0 saturated carbocycles. The van der Waals surface area contributed by atoms with Crippen LogP contribution in [-0.2, 0) is 36.8 Å². The van der Waals surface area contributed by atoms with Crippen LogP contribution in [0.2, 0.25) is 0 Å². The van der Waals surface area contributed by atoms with Crippen LogP contribution in [0.1, 0.15) is 46.4 Å². The summed E-state index contributed by atoms with van der Waals surface area (Å²) in [6, 6.07) is 43.6. The van der Waals surface area contributed by atoms with Crippen molar-refractivity contribution in [2.24, 2.45) is 0 Å². The van der Waals surface area contributed by atoms with Gasteiger partial charge in [0.05, 0.1) is 57.4 Å². The number of anilines is 6. The zero-order valence-corrected chi connectivity index (χ0v) is 77.2. The van der Waals surface area contributed by atoms with E-state index in [0.29, 0.717) is 108 Å². The fraction of sp³-hybridized carbons (Fsp3) is 0.326. The van der Waals surface area contributed by atoms with Crippen molar-refractivity contribution in [3.05, 3.63) is 225 Å². The number of halogens is 4. The smallest absolute Gasteiger partial charge is 0.490 e. The number of benzene rings is 2. The first-order chi connectivity index (χ1) is 61.0. The van der Waals surface area contributed by atoms with Crippen molar-refractivity contribution in [1.82, 2.24) is 74.7 Å². The summed E-state index contributed by atoms with van der Waals surface area (Å²) in [7, 11) is 15.1. The number of pyridine rings is 8. The lowest BCUT2D eigenvalue weighted by atomic mass is 9.82. The van der Waals surface area contributed by atoms with Crippen molar-refractivity contribution in [3.63, 3.8) is 0 Å². The van der Waals surface area contributed by atoms with Crippen LogP contribution in [0.25, 0.3) is 45.3 Å². The Morgan fingerprint density at radius 1 is 0.476 bits per heavy atom. The molecule has 0 aliphatic carbocycles. The molecular formula is C86H105B2Br2FIN21O13. The molecule has 4 bridgehead atoms. The molecule has 2 aliphatic heterocycles. The van der Waals surface area contributed by atoms with E-state index in [1.165, 1.54) is 24.7 Å². The third-order valence-corrected chi connectivity index (χ3v) is 20.1. The molecule has 7 N–H and O–H groups in total. The molecule has 2 amide bonds. The van der Waals surface area contributed by atoms with Gasteiger partial charge in [-0.3, -0.25) is 9.59 Å². The summed E-state index contributed by atoms with van der Waals surface area (Å²) in [4.78, 5) is 68.5. The van der Waals surface area contributed by atoms with Crippen LogP contribution < -0.4 is 55.9 Å². The van der Waals surface area contributed by atoms with Crippen LogP contribution in [0.5, 0.6) is 11.5 Å². The molecule has 0 atom stereocenters. The van der Waals surface area contributed by atoms with Crippen LogP contribution in [0, 0.1) is 9.65 Å². The van der Waals surface area contributed by atoms with Gasteiger partial charge in [0.1, 0.15) is 74.1 Å². The topological polar surface area (TPSA) is 393 Å². The van der Waals surface area contributed by atoms with Gasteiger partial charge in [-0.25, -0.2) is 39.9 Å². The number of fused-ring (bicyclic) bond motifs is 10. The predicted molar refractivity (Wildman–Crippen MR) is 502 cm³/mol. The summed E-state index contributed by atoms with van der Waals surface area (Å²) in [6.45, 7) is 9.92. The lowest BCUT2D eigenvalue weighted by molar-refractivity contribution is 0.101. The third-order valence-electron chi connectivity index (χ3n) is 18.5. The maximum absolute atomic E-state index is 13.4. The zero-order chi connectivity index (χ0) is 90.5. The molecule has 0 saturated heterocycles. The number of carbonyl (C=O) groups is 2. The van der Waals surface area contributed by atoms with E-state index in [0.717, 1.165) is 136 Å². The van der Waals surface area contributed by atoms with Crippen molar-refractivity contribution in [1.29, 1.82) is 0 Å². The first-order valence-corrected chi connectivity index (χ1v) is 42.6. The highest BCUT2D eigenvalue weighted by Gasteiger charge is 2.22. The normalized spacial score (nSPS) is 12.0. The van der Waals surface area contributed by atoms with Gasteiger partial charge in [0.15, 0.2) is 11.6 Å². The summed E-state index contributed by atoms with van der Waals surface area (Å²) in [5.41, 5.74) is 6.57. The highest BCUT2D eigenvalue weighted by atomic mass is 127. The number of hydrogen-bond donors (Lipinski definition) is 7. The Bertz CT molecular complexity index is 5110. The van der Waals surface area contributed by atoms with Crippen LogP contribution in [0.3, 0.4) is 0 Å². The largest absolute Gasteiger partial charge is 0.493 e. The molecule has 0 spiro atoms. The van der Waals surface area contributed by atoms with Crippen LogP contribution >= 0.6 is 54.5 Å². The van der Waals surface area contributed by atoms with E-state index < -0.39 is 20.2 Å². The van der Waals surface area contributed by atoms with Gasteiger partial charge in [0.2, 0.25) is 5.95 Å². The van der Waals surface area contributed by atoms with Gasteiger partial charge >= 0.3 is 14.2 Å². The molecule has 2 aromatic carbocycles. The van der Waals surface area contributed by atoms with E-state index in [-0.39, 0.29) is 11.8 Å². The molecule has 666 valence electrons. The average molecular weight is 1970 g/mol. The van der Waals surface area contributed by atoms with E-state index >= 15 is 0 Å². The Morgan fingerprint density at radius 2 is 0.865 bits per heavy atom. The fourth-order valence-corrected chi connectivity index (χ4v) is 12.2. The Kier molecular flexibility index (Phi) is 43.7. The highest BCUT2D eigenvalue weighted by molar-refractivity contribution is 14.1. The van der Waals surface area contributed by atoms with E-state index in [2.05, 4.69) is 136 Å². The number of methoxy groups -OCH3 is 5. The molecule has 0 radical (unpaired) electrons. The fourth-order valence-electron chi connectivity index (χ4n) is 11.4. The van der Waals surface area contributed by atoms with Crippen molar-refractivity contribution >= 4 is 126 Å². The second-order valence-corrected chi connectivity index (χ2v) is 30.7. The van der Waals surface area contributed by atoms with Crippen molar-refractivity contribution in [3.8, 4) is 56.8 Å². The number of ether oxygens (including phenoxy) is 7. The number of amides is 2. The molecule has 14 rings (SSSR count). The van der Waals surface area contributed by atoms with Crippen molar-refractivity contribution in [2.45, 2.75) is 38.8 Å². The minimum atomic E-state index is -1.46. The summed E-state index contributed by atoms with van der Waals surface area (Å²) in [5, 5.41) is 60.8. The zero-order valence-electron chi connectivity index (χ0n) is 71.9. The van der Waals surface area contributed by atoms with Gasteiger partial charge < -0.3 is 97.9 Å². The number of hydrogen-bond acceptors (Lipinski definition) is 30. The number of carbonyl (C=O) groups excluding carboxylic acids is 2. The lowest BCUT2D eigenvalue weighted by Gasteiger charge is -2.18. The molecule has 40 heteroatoms. The number of aromatic nitrogens is 14. The van der Waals surface area contributed by atoms with Crippen molar-refractivity contribution < 1.29 is 67.2 Å². The average Bonchev–Trinajstić information content (AvgIpc) is 1.10. The maximum atomic E-state index is 13.4. The van der Waals surface area contributed by atoms with Crippen LogP contribution in [0.15, 0.2) is 204 Å². The first-order valence-electron chi connectivity index (χ1n) is 40.0. The molecule has 0 fully saturated rings. The molecule has 10 aromatic heterocycles. The van der Waals surface area contributed by atoms with Crippen LogP contribution in [-0.4, -0.2) is 265 Å². The highest BCUT2D eigenvalue weighted by Crippen LogP contribution is 2.32. The third kappa shape index (κ3) is 33.4. The standard InChI is InChI=1S/C27H29N7O3.C23H19IN6O2.2C9H15BN2O3.C9H13BrN2O.C5H3BrFN.C4H11NO/c1-33(13-15-36-2)25-11-9-20(17-28-25)19-8-10-23-21(16-19)27(35)31-24-7-5-6-22(30-24)26-32-29-18-34(26)12-3-4-14-37-23;24-20-9-7-16(13-25-20)15-6-8-19-17(12-15)23(31)28-21-5-3-4-18(27-21)22-29-26-14-30(22)10-1-2-11-32-19;2*1-12(5-6-15-2)9-4-3-8(7-11-9)10(13)14;1-12(5-6-13-2)9-4-3-8(10)7-11-9;6-4-1-2-5(7)8-3-4;1-5-3-4-6-2/h5-11,16-18H,3-4,12-15H2,1-2H3,(H,30,31,35);3-9,12-14H,1-2,10-11H2,(H,27,28,31);2*3-4,7,13-14H,5-6H2,1-2H3;3-4,7H,5-6H2,1-2H3;1-3H;5H,3-4H2,1-2H3. The van der Waals surface area contributed by atoms with Gasteiger partial charge in [0.25, 0.3) is 11.8 Å². The van der Waals surface area contributed by atoms with Crippen molar-refractivity contribution in [2.75, 3.05) is 180 Å². The lowest BCUT2D eigenvalue weighted by Crippen LogP contribution is -2.31. The molecule has 2 aliphatic rings. The minimum absolute atomic E-state index is 0.288. The first kappa shape index (κ1) is 100. The van der Waals surface area contributed by atoms with E-state index in [9.17, 15) is 14.0 Å². The van der Waals surface area contributed by atoms with Gasteiger partial charge in [0, 0.05) is 178 Å². The molecule has 34 nitrogen and oxygen atoms in total. The number of likely N-dealkylation sites (N-methyl/N-ethyl adjacent to an activating group) is 5. The summed E-state index contributed by atoms with van der Waals surface area (Å²) in [6.07, 6.45) is 16.5. The Morgan fingerprint density at radius 3 is 1.21 bits per heavy atom. The summed E-state index contributed by atoms with van der Waals surface area (Å²) in [5.74, 6) is 5.59. The van der Waals surface area contributed by atoms with Gasteiger partial charge in [-0.05, 0) is 201 Å². The van der Waals surface area contributed by atoms with Gasteiger partial charge in [-0.15, -0.1) is 20.4 Å². The van der Waals surface area contributed by atoms with E-state index in [1.54, 1.807) is 103 Å². The molecule has 126 heavy (non-hydrogen) atoms. The number of nitrogens with zero attached hydrogens (tertiary/aromatic N) is 18. The Hall–Kier alpha value is -11.0. The number of rotatable bonds is 23. The molecule has 0 unspecified atom stereocenters. The second kappa shape index (κ2) is 54.8. The molecular weight excluding hydrogens is 1860 g/mol. The minimum Gasteiger partial charge on any atom is -0.493 e. The summed E-state index contributed by atoms with van der Waals surface area (Å²) >= 11 is 8.63. The maximum Gasteiger partial charge on any atom is 0.490 e. The van der Waals surface area contributed by atoms with E-state index in [1.807, 2.05) is 162 Å². The SMILES string of the molecule is CNCCOC.COCCN(C)c1ccc(-c2ccc3c(c2)C(=O)Nc2cccc(n2)-c2nncn2CCCCO3)cn1.COCCN(C)c1ccc(B(O)O)cn1.COCCN(C)c1ccc(B(O)O)cn1.COCCN(C)c1ccc(Br)cn1.Fc1ccc(Br)cn1.O=C1Nc2cccc(n2)-c2nncn2CCCCOc2ccc(-c3ccc(I)nc3)cc21. The van der Waals surface area contributed by atoms with Crippen LogP contribution in [0.4, 0.5) is 39.3 Å². The number of nitrogens with one attached hydrogen (secondary N) is 3. The second-order valence-electron chi connectivity index (χ2n) is 27.8. The Balaban J connectivity index is 0.000000198. The van der Waals surface area contributed by atoms with Gasteiger partial charge in [-0.2, -0.15) is 4.39 Å². The van der Waals surface area contributed by atoms with Gasteiger partial charge in [-0.1, -0.05) is 42.5 Å². The summed E-state index contributed by atoms with van der Waals surface area (Å²) < 4.78 is 55.4. The quantitative estimate of drug-likeness (QED) is 0.0135. The molecule has 12 heterocycles. The monoisotopic (exact) mass is 1970 g/mol.